The minimum atomic E-state index is -3.87. The summed E-state index contributed by atoms with van der Waals surface area (Å²) in [4.78, 5) is 25.6. The van der Waals surface area contributed by atoms with Crippen LogP contribution in [-0.4, -0.2) is 40.4 Å². The van der Waals surface area contributed by atoms with E-state index in [2.05, 4.69) is 10.0 Å². The number of ether oxygens (including phenoxy) is 1. The summed E-state index contributed by atoms with van der Waals surface area (Å²) in [6.07, 6.45) is 1.30. The molecule has 0 unspecified atom stereocenters. The van der Waals surface area contributed by atoms with E-state index >= 15 is 0 Å². The molecule has 9 heteroatoms. The highest BCUT2D eigenvalue weighted by Gasteiger charge is 2.22. The maximum Gasteiger partial charge on any atom is 0.241 e. The standard InChI is InChI=1S/C20H23N3O5S/c1-14-5-10-18(28-2)17(12-14)22-19(24)13-21-29(26,27)16-8-6-15(7-9-16)23-11-3-4-20(23)25/h5-10,12,21H,3-4,11,13H2,1-2H3,(H,22,24). The van der Waals surface area contributed by atoms with E-state index in [0.717, 1.165) is 12.0 Å². The van der Waals surface area contributed by atoms with Gasteiger partial charge in [-0.15, -0.1) is 0 Å². The number of anilines is 2. The maximum atomic E-state index is 12.5. The molecule has 0 atom stereocenters. The highest BCUT2D eigenvalue weighted by molar-refractivity contribution is 7.89. The molecule has 0 spiro atoms. The van der Waals surface area contributed by atoms with Crippen molar-refractivity contribution in [1.82, 2.24) is 4.72 Å². The van der Waals surface area contributed by atoms with Gasteiger partial charge in [0.15, 0.2) is 0 Å². The van der Waals surface area contributed by atoms with Gasteiger partial charge in [-0.05, 0) is 55.3 Å². The van der Waals surface area contributed by atoms with Crippen LogP contribution in [0.1, 0.15) is 18.4 Å². The molecule has 29 heavy (non-hydrogen) atoms. The van der Waals surface area contributed by atoms with E-state index in [9.17, 15) is 18.0 Å². The summed E-state index contributed by atoms with van der Waals surface area (Å²) in [7, 11) is -2.38. The van der Waals surface area contributed by atoms with Gasteiger partial charge in [0.05, 0.1) is 24.2 Å². The number of sulfonamides is 1. The van der Waals surface area contributed by atoms with Crippen LogP contribution in [0.5, 0.6) is 5.75 Å². The minimum absolute atomic E-state index is 0.0221. The first-order valence-electron chi connectivity index (χ1n) is 9.15. The number of nitrogens with zero attached hydrogens (tertiary/aromatic N) is 1. The van der Waals surface area contributed by atoms with Crippen LogP contribution < -0.4 is 19.7 Å². The van der Waals surface area contributed by atoms with Crippen molar-refractivity contribution in [1.29, 1.82) is 0 Å². The van der Waals surface area contributed by atoms with Gasteiger partial charge < -0.3 is 15.0 Å². The number of amides is 2. The van der Waals surface area contributed by atoms with Crippen molar-refractivity contribution < 1.29 is 22.7 Å². The highest BCUT2D eigenvalue weighted by Crippen LogP contribution is 2.25. The molecule has 3 rings (SSSR count). The van der Waals surface area contributed by atoms with Crippen molar-refractivity contribution in [3.05, 3.63) is 48.0 Å². The molecule has 0 bridgehead atoms. The topological polar surface area (TPSA) is 105 Å². The molecule has 1 saturated heterocycles. The lowest BCUT2D eigenvalue weighted by Gasteiger charge is -2.16. The zero-order chi connectivity index (χ0) is 21.0. The average molecular weight is 417 g/mol. The van der Waals surface area contributed by atoms with Crippen molar-refractivity contribution >= 4 is 33.2 Å². The summed E-state index contributed by atoms with van der Waals surface area (Å²) in [5.74, 6) is -0.00223. The smallest absolute Gasteiger partial charge is 0.241 e. The van der Waals surface area contributed by atoms with Gasteiger partial charge >= 0.3 is 0 Å². The Labute approximate surface area is 169 Å². The van der Waals surface area contributed by atoms with Crippen molar-refractivity contribution in [2.45, 2.75) is 24.7 Å². The van der Waals surface area contributed by atoms with Gasteiger partial charge in [-0.1, -0.05) is 6.07 Å². The number of hydrogen-bond acceptors (Lipinski definition) is 5. The van der Waals surface area contributed by atoms with Crippen LogP contribution in [0.3, 0.4) is 0 Å². The molecule has 1 aliphatic rings. The fourth-order valence-electron chi connectivity index (χ4n) is 3.08. The number of benzene rings is 2. The molecule has 2 N–H and O–H groups in total. The molecule has 2 aromatic rings. The molecule has 0 aromatic heterocycles. The van der Waals surface area contributed by atoms with E-state index in [0.29, 0.717) is 30.1 Å². The van der Waals surface area contributed by atoms with Gasteiger partial charge in [0.2, 0.25) is 21.8 Å². The van der Waals surface area contributed by atoms with E-state index in [4.69, 9.17) is 4.74 Å². The lowest BCUT2D eigenvalue weighted by Crippen LogP contribution is -2.33. The molecule has 0 saturated carbocycles. The zero-order valence-electron chi connectivity index (χ0n) is 16.3. The lowest BCUT2D eigenvalue weighted by atomic mass is 10.2. The summed E-state index contributed by atoms with van der Waals surface area (Å²) >= 11 is 0. The Bertz CT molecular complexity index is 1020. The summed E-state index contributed by atoms with van der Waals surface area (Å²) in [6, 6.07) is 11.3. The van der Waals surface area contributed by atoms with Gasteiger partial charge in [-0.3, -0.25) is 9.59 Å². The van der Waals surface area contributed by atoms with Gasteiger partial charge in [0.1, 0.15) is 5.75 Å². The van der Waals surface area contributed by atoms with Crippen LogP contribution >= 0.6 is 0 Å². The number of carbonyl (C=O) groups excluding carboxylic acids is 2. The van der Waals surface area contributed by atoms with E-state index in [1.165, 1.54) is 19.2 Å². The van der Waals surface area contributed by atoms with Crippen LogP contribution in [0.15, 0.2) is 47.4 Å². The average Bonchev–Trinajstić information content (AvgIpc) is 3.13. The maximum absolute atomic E-state index is 12.5. The first kappa shape index (κ1) is 20.8. The van der Waals surface area contributed by atoms with Crippen LogP contribution in [-0.2, 0) is 19.6 Å². The van der Waals surface area contributed by atoms with Crippen LogP contribution in [0.25, 0.3) is 0 Å². The van der Waals surface area contributed by atoms with Gasteiger partial charge in [-0.2, -0.15) is 0 Å². The van der Waals surface area contributed by atoms with Crippen molar-refractivity contribution in [3.8, 4) is 5.75 Å². The molecular weight excluding hydrogens is 394 g/mol. The molecular formula is C20H23N3O5S. The number of carbonyl (C=O) groups is 2. The first-order chi connectivity index (χ1) is 13.8. The third kappa shape index (κ3) is 4.93. The number of rotatable bonds is 7. The van der Waals surface area contributed by atoms with E-state index in [1.807, 2.05) is 13.0 Å². The predicted octanol–water partition coefficient (Wildman–Crippen LogP) is 2.05. The number of methoxy groups -OCH3 is 1. The predicted molar refractivity (Wildman–Crippen MR) is 110 cm³/mol. The Morgan fingerprint density at radius 3 is 2.52 bits per heavy atom. The Kier molecular flexibility index (Phi) is 6.19. The second-order valence-electron chi connectivity index (χ2n) is 6.72. The Morgan fingerprint density at radius 2 is 1.90 bits per heavy atom. The Hall–Kier alpha value is -2.91. The molecule has 0 aliphatic carbocycles. The largest absolute Gasteiger partial charge is 0.495 e. The second kappa shape index (κ2) is 8.62. The molecule has 1 heterocycles. The third-order valence-corrected chi connectivity index (χ3v) is 6.00. The summed E-state index contributed by atoms with van der Waals surface area (Å²) in [5, 5.41) is 2.64. The number of nitrogens with one attached hydrogen (secondary N) is 2. The number of aryl methyl sites for hydroxylation is 1. The fraction of sp³-hybridized carbons (Fsp3) is 0.300. The van der Waals surface area contributed by atoms with Crippen molar-refractivity contribution in [2.75, 3.05) is 30.4 Å². The molecule has 0 radical (unpaired) electrons. The van der Waals surface area contributed by atoms with Crippen molar-refractivity contribution in [3.63, 3.8) is 0 Å². The number of hydrogen-bond donors (Lipinski definition) is 2. The van der Waals surface area contributed by atoms with Crippen LogP contribution in [0.4, 0.5) is 11.4 Å². The summed E-state index contributed by atoms with van der Waals surface area (Å²) in [5.41, 5.74) is 2.06. The minimum Gasteiger partial charge on any atom is -0.495 e. The van der Waals surface area contributed by atoms with E-state index in [1.54, 1.807) is 29.2 Å². The first-order valence-corrected chi connectivity index (χ1v) is 10.6. The van der Waals surface area contributed by atoms with Gasteiger partial charge in [0, 0.05) is 18.7 Å². The molecule has 154 valence electrons. The fourth-order valence-corrected chi connectivity index (χ4v) is 4.07. The molecule has 1 fully saturated rings. The molecule has 2 amide bonds. The van der Waals surface area contributed by atoms with Crippen molar-refractivity contribution in [2.24, 2.45) is 0 Å². The lowest BCUT2D eigenvalue weighted by molar-refractivity contribution is -0.117. The molecule has 8 nitrogen and oxygen atoms in total. The van der Waals surface area contributed by atoms with Crippen LogP contribution in [0, 0.1) is 6.92 Å². The Balaban J connectivity index is 1.63. The van der Waals surface area contributed by atoms with Gasteiger partial charge in [-0.25, -0.2) is 13.1 Å². The zero-order valence-corrected chi connectivity index (χ0v) is 17.1. The summed E-state index contributed by atoms with van der Waals surface area (Å²) in [6.45, 7) is 2.08. The Morgan fingerprint density at radius 1 is 1.17 bits per heavy atom. The molecule has 1 aliphatic heterocycles. The summed E-state index contributed by atoms with van der Waals surface area (Å²) < 4.78 is 32.4. The third-order valence-electron chi connectivity index (χ3n) is 4.58. The quantitative estimate of drug-likeness (QED) is 0.717. The molecule has 2 aromatic carbocycles. The van der Waals surface area contributed by atoms with Gasteiger partial charge in [0.25, 0.3) is 0 Å². The van der Waals surface area contributed by atoms with E-state index < -0.39 is 22.5 Å². The van der Waals surface area contributed by atoms with Crippen LogP contribution in [0.2, 0.25) is 0 Å². The monoisotopic (exact) mass is 417 g/mol. The normalized spacial score (nSPS) is 14.1. The highest BCUT2D eigenvalue weighted by atomic mass is 32.2. The van der Waals surface area contributed by atoms with E-state index in [-0.39, 0.29) is 10.8 Å². The SMILES string of the molecule is COc1ccc(C)cc1NC(=O)CNS(=O)(=O)c1ccc(N2CCCC2=O)cc1. The second-order valence-corrected chi connectivity index (χ2v) is 8.49.